The SMILES string of the molecule is CCC(=O)Nc1cccc(CN2CCC(CO)CC2)c1. The van der Waals surface area contributed by atoms with Crippen molar-refractivity contribution in [3.8, 4) is 0 Å². The largest absolute Gasteiger partial charge is 0.396 e. The molecule has 4 nitrogen and oxygen atoms in total. The number of aliphatic hydroxyl groups is 1. The lowest BCUT2D eigenvalue weighted by atomic mass is 9.97. The summed E-state index contributed by atoms with van der Waals surface area (Å²) in [5, 5.41) is 12.0. The van der Waals surface area contributed by atoms with Gasteiger partial charge in [0, 0.05) is 25.3 Å². The Hall–Kier alpha value is -1.39. The Morgan fingerprint density at radius 1 is 1.40 bits per heavy atom. The predicted molar refractivity (Wildman–Crippen MR) is 80.4 cm³/mol. The maximum absolute atomic E-state index is 11.4. The van der Waals surface area contributed by atoms with E-state index in [1.54, 1.807) is 0 Å². The number of rotatable bonds is 5. The zero-order chi connectivity index (χ0) is 14.4. The number of hydrogen-bond acceptors (Lipinski definition) is 3. The standard InChI is InChI=1S/C16H24N2O2/c1-2-16(20)17-15-5-3-4-14(10-15)11-18-8-6-13(12-19)7-9-18/h3-5,10,13,19H,2,6-9,11-12H2,1H3,(H,17,20). The lowest BCUT2D eigenvalue weighted by molar-refractivity contribution is -0.115. The van der Waals surface area contributed by atoms with Gasteiger partial charge in [-0.05, 0) is 49.5 Å². The summed E-state index contributed by atoms with van der Waals surface area (Å²) in [6, 6.07) is 8.06. The first-order valence-electron chi connectivity index (χ1n) is 7.43. The molecule has 1 saturated heterocycles. The van der Waals surface area contributed by atoms with Gasteiger partial charge < -0.3 is 10.4 Å². The number of carbonyl (C=O) groups is 1. The molecule has 1 amide bonds. The van der Waals surface area contributed by atoms with Crippen LogP contribution in [0.5, 0.6) is 0 Å². The first-order chi connectivity index (χ1) is 9.71. The molecule has 1 fully saturated rings. The Morgan fingerprint density at radius 2 is 2.15 bits per heavy atom. The fourth-order valence-electron chi connectivity index (χ4n) is 2.58. The van der Waals surface area contributed by atoms with Gasteiger partial charge in [-0.3, -0.25) is 9.69 Å². The van der Waals surface area contributed by atoms with Gasteiger partial charge in [0.1, 0.15) is 0 Å². The second kappa shape index (κ2) is 7.41. The van der Waals surface area contributed by atoms with Crippen molar-refractivity contribution in [2.45, 2.75) is 32.7 Å². The van der Waals surface area contributed by atoms with Crippen LogP contribution in [0.25, 0.3) is 0 Å². The van der Waals surface area contributed by atoms with Crippen LogP contribution in [0.3, 0.4) is 0 Å². The lowest BCUT2D eigenvalue weighted by Gasteiger charge is -2.31. The normalized spacial score (nSPS) is 17.1. The first kappa shape index (κ1) is 15.0. The molecule has 4 heteroatoms. The third-order valence-corrected chi connectivity index (χ3v) is 3.90. The van der Waals surface area contributed by atoms with Gasteiger partial charge >= 0.3 is 0 Å². The van der Waals surface area contributed by atoms with E-state index < -0.39 is 0 Å². The average molecular weight is 276 g/mol. The Labute approximate surface area is 120 Å². The van der Waals surface area contributed by atoms with Crippen molar-refractivity contribution in [3.05, 3.63) is 29.8 Å². The molecule has 1 aliphatic rings. The molecule has 0 bridgehead atoms. The molecular weight excluding hydrogens is 252 g/mol. The van der Waals surface area contributed by atoms with Gasteiger partial charge in [-0.25, -0.2) is 0 Å². The minimum absolute atomic E-state index is 0.0471. The molecule has 20 heavy (non-hydrogen) atoms. The van der Waals surface area contributed by atoms with Crippen LogP contribution in [0.15, 0.2) is 24.3 Å². The van der Waals surface area contributed by atoms with E-state index >= 15 is 0 Å². The van der Waals surface area contributed by atoms with E-state index in [0.717, 1.165) is 38.2 Å². The summed E-state index contributed by atoms with van der Waals surface area (Å²) in [5.74, 6) is 0.521. The quantitative estimate of drug-likeness (QED) is 0.867. The lowest BCUT2D eigenvalue weighted by Crippen LogP contribution is -2.34. The Balaban J connectivity index is 1.90. The van der Waals surface area contributed by atoms with Gasteiger partial charge in [-0.15, -0.1) is 0 Å². The van der Waals surface area contributed by atoms with Crippen LogP contribution in [-0.2, 0) is 11.3 Å². The Morgan fingerprint density at radius 3 is 2.80 bits per heavy atom. The highest BCUT2D eigenvalue weighted by molar-refractivity contribution is 5.90. The molecule has 0 unspecified atom stereocenters. The fraction of sp³-hybridized carbons (Fsp3) is 0.562. The van der Waals surface area contributed by atoms with Crippen molar-refractivity contribution in [2.75, 3.05) is 25.0 Å². The molecule has 1 aliphatic heterocycles. The maximum Gasteiger partial charge on any atom is 0.224 e. The van der Waals surface area contributed by atoms with Crippen molar-refractivity contribution in [1.82, 2.24) is 4.90 Å². The zero-order valence-electron chi connectivity index (χ0n) is 12.1. The average Bonchev–Trinajstić information content (AvgIpc) is 2.48. The number of likely N-dealkylation sites (tertiary alicyclic amines) is 1. The molecule has 1 aromatic rings. The third kappa shape index (κ3) is 4.32. The Kier molecular flexibility index (Phi) is 5.56. The van der Waals surface area contributed by atoms with E-state index in [-0.39, 0.29) is 5.91 Å². The van der Waals surface area contributed by atoms with Crippen LogP contribution < -0.4 is 5.32 Å². The molecule has 0 atom stereocenters. The van der Waals surface area contributed by atoms with E-state index in [9.17, 15) is 4.79 Å². The second-order valence-corrected chi connectivity index (χ2v) is 5.50. The molecule has 0 spiro atoms. The van der Waals surface area contributed by atoms with Crippen molar-refractivity contribution < 1.29 is 9.90 Å². The molecular formula is C16H24N2O2. The summed E-state index contributed by atoms with van der Waals surface area (Å²) in [6.45, 7) is 5.15. The van der Waals surface area contributed by atoms with Gasteiger partial charge in [0.05, 0.1) is 0 Å². The number of hydrogen-bond donors (Lipinski definition) is 2. The number of nitrogens with zero attached hydrogens (tertiary/aromatic N) is 1. The number of nitrogens with one attached hydrogen (secondary N) is 1. The van der Waals surface area contributed by atoms with E-state index in [2.05, 4.69) is 16.3 Å². The second-order valence-electron chi connectivity index (χ2n) is 5.50. The molecule has 0 radical (unpaired) electrons. The molecule has 110 valence electrons. The number of amides is 1. The summed E-state index contributed by atoms with van der Waals surface area (Å²) in [7, 11) is 0. The van der Waals surface area contributed by atoms with Gasteiger partial charge in [0.15, 0.2) is 0 Å². The maximum atomic E-state index is 11.4. The highest BCUT2D eigenvalue weighted by atomic mass is 16.3. The zero-order valence-corrected chi connectivity index (χ0v) is 12.1. The van der Waals surface area contributed by atoms with E-state index in [4.69, 9.17) is 5.11 Å². The van der Waals surface area contributed by atoms with Crippen LogP contribution in [0.4, 0.5) is 5.69 Å². The topological polar surface area (TPSA) is 52.6 Å². The monoisotopic (exact) mass is 276 g/mol. The number of anilines is 1. The Bertz CT molecular complexity index is 440. The van der Waals surface area contributed by atoms with Gasteiger partial charge in [-0.1, -0.05) is 19.1 Å². The molecule has 0 aliphatic carbocycles. The van der Waals surface area contributed by atoms with Crippen molar-refractivity contribution >= 4 is 11.6 Å². The molecule has 2 rings (SSSR count). The highest BCUT2D eigenvalue weighted by Crippen LogP contribution is 2.19. The van der Waals surface area contributed by atoms with Crippen LogP contribution in [0.1, 0.15) is 31.7 Å². The van der Waals surface area contributed by atoms with E-state index in [1.165, 1.54) is 5.56 Å². The van der Waals surface area contributed by atoms with Crippen LogP contribution in [0, 0.1) is 5.92 Å². The predicted octanol–water partition coefficient (Wildman–Crippen LogP) is 2.24. The summed E-state index contributed by atoms with van der Waals surface area (Å²) >= 11 is 0. The molecule has 0 aromatic heterocycles. The van der Waals surface area contributed by atoms with Crippen LogP contribution in [-0.4, -0.2) is 35.6 Å². The fourth-order valence-corrected chi connectivity index (χ4v) is 2.58. The smallest absolute Gasteiger partial charge is 0.224 e. The summed E-state index contributed by atoms with van der Waals surface area (Å²) in [4.78, 5) is 13.8. The van der Waals surface area contributed by atoms with E-state index in [0.29, 0.717) is 18.9 Å². The summed E-state index contributed by atoms with van der Waals surface area (Å²) < 4.78 is 0. The number of piperidine rings is 1. The summed E-state index contributed by atoms with van der Waals surface area (Å²) in [5.41, 5.74) is 2.10. The molecule has 0 saturated carbocycles. The van der Waals surface area contributed by atoms with Gasteiger partial charge in [0.2, 0.25) is 5.91 Å². The molecule has 1 heterocycles. The van der Waals surface area contributed by atoms with Crippen molar-refractivity contribution in [3.63, 3.8) is 0 Å². The van der Waals surface area contributed by atoms with E-state index in [1.807, 2.05) is 25.1 Å². The minimum atomic E-state index is 0.0471. The van der Waals surface area contributed by atoms with Crippen molar-refractivity contribution in [1.29, 1.82) is 0 Å². The number of aliphatic hydroxyl groups excluding tert-OH is 1. The molecule has 2 N–H and O–H groups in total. The van der Waals surface area contributed by atoms with Crippen LogP contribution >= 0.6 is 0 Å². The summed E-state index contributed by atoms with van der Waals surface area (Å²) in [6.07, 6.45) is 2.64. The highest BCUT2D eigenvalue weighted by Gasteiger charge is 2.18. The third-order valence-electron chi connectivity index (χ3n) is 3.90. The number of carbonyl (C=O) groups excluding carboxylic acids is 1. The minimum Gasteiger partial charge on any atom is -0.396 e. The molecule has 1 aromatic carbocycles. The first-order valence-corrected chi connectivity index (χ1v) is 7.43. The number of benzene rings is 1. The van der Waals surface area contributed by atoms with Gasteiger partial charge in [0.25, 0.3) is 0 Å². The van der Waals surface area contributed by atoms with Crippen molar-refractivity contribution in [2.24, 2.45) is 5.92 Å². The van der Waals surface area contributed by atoms with Gasteiger partial charge in [-0.2, -0.15) is 0 Å². The van der Waals surface area contributed by atoms with Crippen LogP contribution in [0.2, 0.25) is 0 Å².